The third kappa shape index (κ3) is 3.66. The SMILES string of the molecule is CCOC(=O)c1ccc(N)c(NCc2ccccc2O)c1. The second kappa shape index (κ2) is 6.65. The molecular weight excluding hydrogens is 268 g/mol. The maximum Gasteiger partial charge on any atom is 0.338 e. The molecule has 0 saturated carbocycles. The maximum atomic E-state index is 11.7. The van der Waals surface area contributed by atoms with E-state index in [0.29, 0.717) is 30.1 Å². The first-order valence-electron chi connectivity index (χ1n) is 6.69. The molecule has 4 N–H and O–H groups in total. The molecule has 0 fully saturated rings. The number of anilines is 2. The van der Waals surface area contributed by atoms with E-state index in [1.54, 1.807) is 37.3 Å². The molecule has 0 aliphatic heterocycles. The Labute approximate surface area is 123 Å². The van der Waals surface area contributed by atoms with Gasteiger partial charge in [-0.15, -0.1) is 0 Å². The number of aromatic hydroxyl groups is 1. The van der Waals surface area contributed by atoms with E-state index in [0.717, 1.165) is 5.56 Å². The van der Waals surface area contributed by atoms with Crippen molar-refractivity contribution in [3.05, 3.63) is 53.6 Å². The molecule has 5 nitrogen and oxygen atoms in total. The van der Waals surface area contributed by atoms with Gasteiger partial charge in [0.05, 0.1) is 23.5 Å². The fourth-order valence-corrected chi connectivity index (χ4v) is 1.90. The molecule has 5 heteroatoms. The van der Waals surface area contributed by atoms with E-state index in [9.17, 15) is 9.90 Å². The van der Waals surface area contributed by atoms with Crippen LogP contribution in [0.3, 0.4) is 0 Å². The number of nitrogens with one attached hydrogen (secondary N) is 1. The van der Waals surface area contributed by atoms with E-state index in [1.165, 1.54) is 0 Å². The summed E-state index contributed by atoms with van der Waals surface area (Å²) in [4.78, 5) is 11.7. The Bertz CT molecular complexity index is 641. The molecule has 110 valence electrons. The molecule has 2 aromatic rings. The van der Waals surface area contributed by atoms with Crippen LogP contribution in [0, 0.1) is 0 Å². The molecule has 0 amide bonds. The van der Waals surface area contributed by atoms with E-state index in [4.69, 9.17) is 10.5 Å². The van der Waals surface area contributed by atoms with Gasteiger partial charge in [0.1, 0.15) is 5.75 Å². The van der Waals surface area contributed by atoms with Gasteiger partial charge in [0, 0.05) is 12.1 Å². The number of phenols is 1. The smallest absolute Gasteiger partial charge is 0.338 e. The van der Waals surface area contributed by atoms with Gasteiger partial charge in [0.2, 0.25) is 0 Å². The highest BCUT2D eigenvalue weighted by Crippen LogP contribution is 2.23. The van der Waals surface area contributed by atoms with Crippen LogP contribution in [0.5, 0.6) is 5.75 Å². The molecule has 0 atom stereocenters. The number of benzene rings is 2. The Morgan fingerprint density at radius 1 is 1.29 bits per heavy atom. The summed E-state index contributed by atoms with van der Waals surface area (Å²) < 4.78 is 4.96. The lowest BCUT2D eigenvalue weighted by molar-refractivity contribution is 0.0526. The molecule has 0 heterocycles. The van der Waals surface area contributed by atoms with Gasteiger partial charge in [-0.1, -0.05) is 18.2 Å². The predicted octanol–water partition coefficient (Wildman–Crippen LogP) is 2.76. The minimum absolute atomic E-state index is 0.213. The summed E-state index contributed by atoms with van der Waals surface area (Å²) >= 11 is 0. The lowest BCUT2D eigenvalue weighted by Crippen LogP contribution is -2.08. The lowest BCUT2D eigenvalue weighted by Gasteiger charge is -2.12. The minimum Gasteiger partial charge on any atom is -0.508 e. The molecule has 0 radical (unpaired) electrons. The van der Waals surface area contributed by atoms with Crippen molar-refractivity contribution < 1.29 is 14.6 Å². The van der Waals surface area contributed by atoms with Gasteiger partial charge in [-0.25, -0.2) is 4.79 Å². The molecule has 0 aliphatic carbocycles. The van der Waals surface area contributed by atoms with Crippen LogP contribution in [0.4, 0.5) is 11.4 Å². The monoisotopic (exact) mass is 286 g/mol. The Morgan fingerprint density at radius 3 is 2.76 bits per heavy atom. The van der Waals surface area contributed by atoms with Gasteiger partial charge in [-0.2, -0.15) is 0 Å². The zero-order chi connectivity index (χ0) is 15.2. The lowest BCUT2D eigenvalue weighted by atomic mass is 10.1. The summed E-state index contributed by atoms with van der Waals surface area (Å²) in [6, 6.07) is 12.0. The van der Waals surface area contributed by atoms with Crippen molar-refractivity contribution in [2.75, 3.05) is 17.7 Å². The average molecular weight is 286 g/mol. The van der Waals surface area contributed by atoms with Gasteiger partial charge in [-0.05, 0) is 31.2 Å². The van der Waals surface area contributed by atoms with Crippen molar-refractivity contribution in [3.8, 4) is 5.75 Å². The van der Waals surface area contributed by atoms with Gasteiger partial charge in [0.25, 0.3) is 0 Å². The predicted molar refractivity (Wildman–Crippen MR) is 82.2 cm³/mol. The van der Waals surface area contributed by atoms with Crippen molar-refractivity contribution in [3.63, 3.8) is 0 Å². The zero-order valence-corrected chi connectivity index (χ0v) is 11.8. The number of carbonyl (C=O) groups excluding carboxylic acids is 1. The van der Waals surface area contributed by atoms with Crippen LogP contribution in [0.25, 0.3) is 0 Å². The molecule has 0 saturated heterocycles. The van der Waals surface area contributed by atoms with E-state index in [1.807, 2.05) is 12.1 Å². The van der Waals surface area contributed by atoms with E-state index >= 15 is 0 Å². The third-order valence-electron chi connectivity index (χ3n) is 3.03. The number of nitrogens with two attached hydrogens (primary N) is 1. The third-order valence-corrected chi connectivity index (χ3v) is 3.03. The first kappa shape index (κ1) is 14.7. The summed E-state index contributed by atoms with van der Waals surface area (Å²) in [5, 5.41) is 12.8. The zero-order valence-electron chi connectivity index (χ0n) is 11.8. The van der Waals surface area contributed by atoms with Crippen molar-refractivity contribution in [1.82, 2.24) is 0 Å². The molecule has 21 heavy (non-hydrogen) atoms. The van der Waals surface area contributed by atoms with Crippen LogP contribution in [0.1, 0.15) is 22.8 Å². The number of para-hydroxylation sites is 1. The summed E-state index contributed by atoms with van der Waals surface area (Å²) in [6.45, 7) is 2.49. The Balaban J connectivity index is 2.14. The molecule has 0 unspecified atom stereocenters. The molecule has 0 aromatic heterocycles. The standard InChI is InChI=1S/C16H18N2O3/c1-2-21-16(20)11-7-8-13(17)14(9-11)18-10-12-5-3-4-6-15(12)19/h3-9,18-19H,2,10,17H2,1H3. The summed E-state index contributed by atoms with van der Waals surface area (Å²) in [6.07, 6.45) is 0. The average Bonchev–Trinajstić information content (AvgIpc) is 2.48. The normalized spacial score (nSPS) is 10.1. The molecule has 2 rings (SSSR count). The van der Waals surface area contributed by atoms with Gasteiger partial charge in [-0.3, -0.25) is 0 Å². The van der Waals surface area contributed by atoms with Crippen molar-refractivity contribution in [2.24, 2.45) is 0 Å². The molecule has 2 aromatic carbocycles. The quantitative estimate of drug-likeness (QED) is 0.581. The number of nitrogen functional groups attached to an aromatic ring is 1. The number of carbonyl (C=O) groups is 1. The van der Waals surface area contributed by atoms with E-state index in [2.05, 4.69) is 5.32 Å². The Kier molecular flexibility index (Phi) is 4.66. The van der Waals surface area contributed by atoms with E-state index in [-0.39, 0.29) is 11.7 Å². The second-order valence-corrected chi connectivity index (χ2v) is 4.50. The summed E-state index contributed by atoms with van der Waals surface area (Å²) in [5.74, 6) is -0.173. The highest BCUT2D eigenvalue weighted by atomic mass is 16.5. The summed E-state index contributed by atoms with van der Waals surface area (Å²) in [7, 11) is 0. The highest BCUT2D eigenvalue weighted by Gasteiger charge is 2.09. The van der Waals surface area contributed by atoms with Gasteiger partial charge < -0.3 is 20.9 Å². The fraction of sp³-hybridized carbons (Fsp3) is 0.188. The first-order chi connectivity index (χ1) is 10.1. The van der Waals surface area contributed by atoms with Gasteiger partial charge >= 0.3 is 5.97 Å². The largest absolute Gasteiger partial charge is 0.508 e. The maximum absolute atomic E-state index is 11.7. The summed E-state index contributed by atoms with van der Waals surface area (Å²) in [5.41, 5.74) is 8.23. The van der Waals surface area contributed by atoms with Gasteiger partial charge in [0.15, 0.2) is 0 Å². The van der Waals surface area contributed by atoms with Crippen LogP contribution in [0.2, 0.25) is 0 Å². The van der Waals surface area contributed by atoms with Crippen molar-refractivity contribution in [2.45, 2.75) is 13.5 Å². The van der Waals surface area contributed by atoms with Crippen LogP contribution in [-0.2, 0) is 11.3 Å². The Hall–Kier alpha value is -2.69. The number of ether oxygens (including phenoxy) is 1. The number of rotatable bonds is 5. The number of hydrogen-bond acceptors (Lipinski definition) is 5. The second-order valence-electron chi connectivity index (χ2n) is 4.50. The minimum atomic E-state index is -0.386. The van der Waals surface area contributed by atoms with Crippen LogP contribution in [0.15, 0.2) is 42.5 Å². The topological polar surface area (TPSA) is 84.6 Å². The van der Waals surface area contributed by atoms with E-state index < -0.39 is 0 Å². The molecule has 0 aliphatic rings. The number of phenolic OH excluding ortho intramolecular Hbond substituents is 1. The van der Waals surface area contributed by atoms with Crippen molar-refractivity contribution >= 4 is 17.3 Å². The van der Waals surface area contributed by atoms with Crippen LogP contribution in [-0.4, -0.2) is 17.7 Å². The Morgan fingerprint density at radius 2 is 2.05 bits per heavy atom. The number of hydrogen-bond donors (Lipinski definition) is 3. The van der Waals surface area contributed by atoms with Crippen LogP contribution < -0.4 is 11.1 Å². The molecule has 0 bridgehead atoms. The highest BCUT2D eigenvalue weighted by molar-refractivity contribution is 5.92. The van der Waals surface area contributed by atoms with Crippen LogP contribution >= 0.6 is 0 Å². The fourth-order valence-electron chi connectivity index (χ4n) is 1.90. The molecular formula is C16H18N2O3. The molecule has 0 spiro atoms. The first-order valence-corrected chi connectivity index (χ1v) is 6.69. The number of esters is 1. The van der Waals surface area contributed by atoms with Crippen molar-refractivity contribution in [1.29, 1.82) is 0 Å².